The van der Waals surface area contributed by atoms with Crippen LogP contribution in [0.5, 0.6) is 5.88 Å². The third kappa shape index (κ3) is 2.50. The number of nitrogens with zero attached hydrogens (tertiary/aromatic N) is 1. The molecule has 0 bridgehead atoms. The van der Waals surface area contributed by atoms with Gasteiger partial charge < -0.3 is 15.4 Å². The Hall–Kier alpha value is -2.38. The summed E-state index contributed by atoms with van der Waals surface area (Å²) in [5.41, 5.74) is 3.13. The second-order valence-corrected chi connectivity index (χ2v) is 7.21. The molecule has 4 rings (SSSR count). The summed E-state index contributed by atoms with van der Waals surface area (Å²) in [5.74, 6) is -0.0582. The van der Waals surface area contributed by atoms with Gasteiger partial charge in [-0.1, -0.05) is 25.1 Å². The Kier molecular flexibility index (Phi) is 4.20. The van der Waals surface area contributed by atoms with Gasteiger partial charge in [-0.05, 0) is 43.6 Å². The minimum atomic E-state index is -0.402. The van der Waals surface area contributed by atoms with Gasteiger partial charge in [-0.2, -0.15) is 0 Å². The van der Waals surface area contributed by atoms with Crippen molar-refractivity contribution in [3.63, 3.8) is 0 Å². The van der Waals surface area contributed by atoms with Crippen molar-refractivity contribution >= 4 is 23.1 Å². The lowest BCUT2D eigenvalue weighted by atomic mass is 9.95. The zero-order valence-corrected chi connectivity index (χ0v) is 15.6. The van der Waals surface area contributed by atoms with Crippen LogP contribution in [0.4, 0.5) is 0 Å². The molecule has 2 aromatic heterocycles. The normalized spacial score (nSPS) is 18.0. The highest BCUT2D eigenvalue weighted by atomic mass is 32.1. The molecule has 0 unspecified atom stereocenters. The molecule has 26 heavy (non-hydrogen) atoms. The first kappa shape index (κ1) is 17.1. The molecule has 0 amide bonds. The largest absolute Gasteiger partial charge is 0.494 e. The van der Waals surface area contributed by atoms with Crippen molar-refractivity contribution in [1.82, 2.24) is 19.9 Å². The van der Waals surface area contributed by atoms with Gasteiger partial charge in [0.05, 0.1) is 6.04 Å². The van der Waals surface area contributed by atoms with Crippen LogP contribution in [-0.2, 0) is 6.42 Å². The maximum Gasteiger partial charge on any atom is 0.260 e. The van der Waals surface area contributed by atoms with Gasteiger partial charge >= 0.3 is 0 Å². The van der Waals surface area contributed by atoms with Gasteiger partial charge in [0.15, 0.2) is 4.77 Å². The number of hydrogen-bond donors (Lipinski definition) is 4. The summed E-state index contributed by atoms with van der Waals surface area (Å²) >= 11 is 5.28. The molecule has 2 atom stereocenters. The second-order valence-electron chi connectivity index (χ2n) is 6.82. The SMILES string of the molecule is CC[C@H](C)n1c(O)c([C@@H]2NCCc3c2[nH]c2ccccc32)c(=O)[nH]c1=S. The number of H-pyrrole nitrogens is 2. The number of fused-ring (bicyclic) bond motifs is 3. The van der Waals surface area contributed by atoms with Crippen molar-refractivity contribution in [2.45, 2.75) is 38.8 Å². The lowest BCUT2D eigenvalue weighted by Gasteiger charge is -2.26. The monoisotopic (exact) mass is 370 g/mol. The van der Waals surface area contributed by atoms with Crippen LogP contribution in [0.3, 0.4) is 0 Å². The van der Waals surface area contributed by atoms with E-state index in [1.165, 1.54) is 10.9 Å². The quantitative estimate of drug-likeness (QED) is 0.533. The second kappa shape index (κ2) is 6.41. The fourth-order valence-electron chi connectivity index (χ4n) is 3.83. The van der Waals surface area contributed by atoms with E-state index in [4.69, 9.17) is 12.2 Å². The number of aromatic amines is 2. The molecule has 3 aromatic rings. The first-order chi connectivity index (χ1) is 12.5. The third-order valence-corrected chi connectivity index (χ3v) is 5.63. The van der Waals surface area contributed by atoms with Crippen LogP contribution < -0.4 is 10.9 Å². The van der Waals surface area contributed by atoms with Crippen molar-refractivity contribution in [2.75, 3.05) is 6.54 Å². The third-order valence-electron chi connectivity index (χ3n) is 5.33. The van der Waals surface area contributed by atoms with Crippen molar-refractivity contribution in [3.05, 3.63) is 56.2 Å². The number of aromatic hydroxyl groups is 1. The Bertz CT molecular complexity index is 1100. The molecule has 0 aliphatic carbocycles. The van der Waals surface area contributed by atoms with E-state index in [2.05, 4.69) is 21.4 Å². The van der Waals surface area contributed by atoms with E-state index in [0.29, 0.717) is 5.56 Å². The Labute approximate surface area is 155 Å². The molecule has 0 spiro atoms. The van der Waals surface area contributed by atoms with E-state index in [1.54, 1.807) is 4.57 Å². The first-order valence-electron chi connectivity index (χ1n) is 8.93. The van der Waals surface area contributed by atoms with Crippen molar-refractivity contribution in [2.24, 2.45) is 0 Å². The van der Waals surface area contributed by atoms with Crippen molar-refractivity contribution in [1.29, 1.82) is 0 Å². The number of para-hydroxylation sites is 1. The fraction of sp³-hybridized carbons (Fsp3) is 0.368. The number of rotatable bonds is 3. The summed E-state index contributed by atoms with van der Waals surface area (Å²) in [7, 11) is 0. The Morgan fingerprint density at radius 3 is 2.88 bits per heavy atom. The molecule has 136 valence electrons. The van der Waals surface area contributed by atoms with E-state index in [-0.39, 0.29) is 22.3 Å². The standard InChI is InChI=1S/C19H22N4O2S/c1-3-10(2)23-18(25)14(17(24)22-19(23)26)16-15-12(8-9-20-16)11-6-4-5-7-13(11)21-15/h4-7,10,16,20-21,25H,3,8-9H2,1-2H3,(H,22,24,26)/t10-,16-/m0/s1. The van der Waals surface area contributed by atoms with Crippen molar-refractivity contribution < 1.29 is 5.11 Å². The van der Waals surface area contributed by atoms with Crippen LogP contribution in [0, 0.1) is 4.77 Å². The molecule has 1 aromatic carbocycles. The van der Waals surface area contributed by atoms with E-state index >= 15 is 0 Å². The molecule has 7 heteroatoms. The molecular formula is C19H22N4O2S. The van der Waals surface area contributed by atoms with E-state index < -0.39 is 6.04 Å². The molecule has 0 saturated heterocycles. The minimum absolute atomic E-state index is 0.0103. The summed E-state index contributed by atoms with van der Waals surface area (Å²) in [6.45, 7) is 4.73. The van der Waals surface area contributed by atoms with Gasteiger partial charge in [0.2, 0.25) is 5.88 Å². The first-order valence-corrected chi connectivity index (χ1v) is 9.34. The van der Waals surface area contributed by atoms with Crippen LogP contribution in [0.1, 0.15) is 49.2 Å². The summed E-state index contributed by atoms with van der Waals surface area (Å²) in [5, 5.41) is 15.5. The molecule has 0 saturated carbocycles. The number of hydrogen-bond acceptors (Lipinski definition) is 4. The molecule has 1 aliphatic rings. The predicted molar refractivity (Wildman–Crippen MR) is 104 cm³/mol. The van der Waals surface area contributed by atoms with Crippen LogP contribution in [0.2, 0.25) is 0 Å². The van der Waals surface area contributed by atoms with Crippen LogP contribution in [-0.4, -0.2) is 26.2 Å². The smallest absolute Gasteiger partial charge is 0.260 e. The van der Waals surface area contributed by atoms with Crippen LogP contribution in [0.25, 0.3) is 10.9 Å². The van der Waals surface area contributed by atoms with Gasteiger partial charge in [-0.25, -0.2) is 0 Å². The fourth-order valence-corrected chi connectivity index (χ4v) is 4.19. The van der Waals surface area contributed by atoms with E-state index in [9.17, 15) is 9.90 Å². The zero-order valence-electron chi connectivity index (χ0n) is 14.8. The molecule has 0 radical (unpaired) electrons. The average molecular weight is 370 g/mol. The van der Waals surface area contributed by atoms with Gasteiger partial charge in [0.25, 0.3) is 5.56 Å². The minimum Gasteiger partial charge on any atom is -0.494 e. The summed E-state index contributed by atoms with van der Waals surface area (Å²) < 4.78 is 1.88. The molecule has 3 heterocycles. The van der Waals surface area contributed by atoms with Gasteiger partial charge in [0, 0.05) is 29.2 Å². The maximum atomic E-state index is 12.7. The Morgan fingerprint density at radius 2 is 2.12 bits per heavy atom. The molecule has 4 N–H and O–H groups in total. The highest BCUT2D eigenvalue weighted by molar-refractivity contribution is 7.71. The highest BCUT2D eigenvalue weighted by Crippen LogP contribution is 2.35. The zero-order chi connectivity index (χ0) is 18.4. The van der Waals surface area contributed by atoms with E-state index in [0.717, 1.165) is 30.6 Å². The van der Waals surface area contributed by atoms with Gasteiger partial charge in [0.1, 0.15) is 5.56 Å². The molecule has 1 aliphatic heterocycles. The van der Waals surface area contributed by atoms with Crippen LogP contribution in [0.15, 0.2) is 29.1 Å². The molecule has 6 nitrogen and oxygen atoms in total. The number of aromatic nitrogens is 3. The maximum absolute atomic E-state index is 12.7. The van der Waals surface area contributed by atoms with Crippen molar-refractivity contribution in [3.8, 4) is 5.88 Å². The molecule has 0 fully saturated rings. The lowest BCUT2D eigenvalue weighted by molar-refractivity contribution is 0.358. The molecular weight excluding hydrogens is 348 g/mol. The number of benzene rings is 1. The topological polar surface area (TPSA) is 85.8 Å². The number of nitrogens with one attached hydrogen (secondary N) is 3. The van der Waals surface area contributed by atoms with Gasteiger partial charge in [-0.15, -0.1) is 0 Å². The highest BCUT2D eigenvalue weighted by Gasteiger charge is 2.31. The lowest BCUT2D eigenvalue weighted by Crippen LogP contribution is -2.35. The predicted octanol–water partition coefficient (Wildman–Crippen LogP) is 3.30. The average Bonchev–Trinajstić information content (AvgIpc) is 3.00. The summed E-state index contributed by atoms with van der Waals surface area (Å²) in [6.07, 6.45) is 1.67. The Morgan fingerprint density at radius 1 is 1.35 bits per heavy atom. The summed E-state index contributed by atoms with van der Waals surface area (Å²) in [6, 6.07) is 7.70. The Balaban J connectivity index is 1.96. The van der Waals surface area contributed by atoms with E-state index in [1.807, 2.05) is 32.0 Å². The van der Waals surface area contributed by atoms with Crippen LogP contribution >= 0.6 is 12.2 Å². The summed E-state index contributed by atoms with van der Waals surface area (Å²) in [4.78, 5) is 18.9. The van der Waals surface area contributed by atoms with Gasteiger partial charge in [-0.3, -0.25) is 14.3 Å².